The summed E-state index contributed by atoms with van der Waals surface area (Å²) in [5.41, 5.74) is 7.66. The summed E-state index contributed by atoms with van der Waals surface area (Å²) in [7, 11) is 4.17. The first-order valence-corrected chi connectivity index (χ1v) is 7.05. The maximum absolute atomic E-state index is 6.37. The van der Waals surface area contributed by atoms with Crippen molar-refractivity contribution in [2.75, 3.05) is 13.6 Å². The maximum atomic E-state index is 6.37. The van der Waals surface area contributed by atoms with Gasteiger partial charge in [0.15, 0.2) is 0 Å². The molecule has 0 aliphatic heterocycles. The maximum Gasteiger partial charge on any atom is 0.0534 e. The molecule has 2 aliphatic carbocycles. The molecule has 2 bridgehead atoms. The quantitative estimate of drug-likeness (QED) is 0.871. The van der Waals surface area contributed by atoms with Crippen LogP contribution >= 0.6 is 0 Å². The van der Waals surface area contributed by atoms with E-state index < -0.39 is 0 Å². The Bertz CT molecular complexity index is 412. The number of fused-ring (bicyclic) bond motifs is 2. The number of rotatable bonds is 4. The standard InChI is InChI=1S/C14H24N4/c1-17(7-10-6-16-18(2)8-10)9-13-11-3-4-12(5-11)14(13)15/h6,8,11-14H,3-5,7,9,15H2,1-2H3. The summed E-state index contributed by atoms with van der Waals surface area (Å²) >= 11 is 0. The first kappa shape index (κ1) is 12.2. The van der Waals surface area contributed by atoms with Crippen LogP contribution in [0.5, 0.6) is 0 Å². The van der Waals surface area contributed by atoms with Gasteiger partial charge < -0.3 is 10.6 Å². The van der Waals surface area contributed by atoms with Gasteiger partial charge in [0.2, 0.25) is 0 Å². The van der Waals surface area contributed by atoms with E-state index in [1.165, 1.54) is 24.8 Å². The molecule has 2 fully saturated rings. The van der Waals surface area contributed by atoms with Gasteiger partial charge in [0.25, 0.3) is 0 Å². The van der Waals surface area contributed by atoms with Gasteiger partial charge in [-0.25, -0.2) is 0 Å². The van der Waals surface area contributed by atoms with Gasteiger partial charge in [-0.05, 0) is 44.1 Å². The van der Waals surface area contributed by atoms with E-state index in [-0.39, 0.29) is 0 Å². The van der Waals surface area contributed by atoms with Crippen molar-refractivity contribution in [1.29, 1.82) is 0 Å². The van der Waals surface area contributed by atoms with Gasteiger partial charge in [-0.15, -0.1) is 0 Å². The Morgan fingerprint density at radius 1 is 1.44 bits per heavy atom. The smallest absolute Gasteiger partial charge is 0.0534 e. The highest BCUT2D eigenvalue weighted by atomic mass is 15.2. The van der Waals surface area contributed by atoms with Gasteiger partial charge in [-0.1, -0.05) is 0 Å². The lowest BCUT2D eigenvalue weighted by atomic mass is 9.84. The van der Waals surface area contributed by atoms with Crippen LogP contribution in [-0.2, 0) is 13.6 Å². The van der Waals surface area contributed by atoms with E-state index in [2.05, 4.69) is 23.2 Å². The molecule has 2 aliphatic rings. The summed E-state index contributed by atoms with van der Waals surface area (Å²) in [6.07, 6.45) is 8.21. The molecule has 0 amide bonds. The third kappa shape index (κ3) is 2.19. The van der Waals surface area contributed by atoms with Gasteiger partial charge >= 0.3 is 0 Å². The van der Waals surface area contributed by atoms with Crippen LogP contribution in [0, 0.1) is 17.8 Å². The molecule has 3 rings (SSSR count). The monoisotopic (exact) mass is 248 g/mol. The van der Waals surface area contributed by atoms with Crippen LogP contribution in [-0.4, -0.2) is 34.3 Å². The van der Waals surface area contributed by atoms with E-state index in [1.807, 2.05) is 17.9 Å². The lowest BCUT2D eigenvalue weighted by Gasteiger charge is -2.31. The Morgan fingerprint density at radius 3 is 2.83 bits per heavy atom. The predicted molar refractivity (Wildman–Crippen MR) is 71.8 cm³/mol. The third-order valence-corrected chi connectivity index (χ3v) is 4.89. The molecule has 18 heavy (non-hydrogen) atoms. The largest absolute Gasteiger partial charge is 0.327 e. The summed E-state index contributed by atoms with van der Waals surface area (Å²) in [5, 5.41) is 4.22. The molecular weight excluding hydrogens is 224 g/mol. The summed E-state index contributed by atoms with van der Waals surface area (Å²) < 4.78 is 1.87. The molecule has 1 aromatic rings. The molecule has 1 aromatic heterocycles. The van der Waals surface area contributed by atoms with E-state index >= 15 is 0 Å². The fraction of sp³-hybridized carbons (Fsp3) is 0.786. The van der Waals surface area contributed by atoms with E-state index in [9.17, 15) is 0 Å². The number of aryl methyl sites for hydroxylation is 1. The van der Waals surface area contributed by atoms with Crippen molar-refractivity contribution in [3.05, 3.63) is 18.0 Å². The predicted octanol–water partition coefficient (Wildman–Crippen LogP) is 1.23. The molecule has 4 unspecified atom stereocenters. The van der Waals surface area contributed by atoms with Crippen molar-refractivity contribution < 1.29 is 0 Å². The Labute approximate surface area is 109 Å². The van der Waals surface area contributed by atoms with E-state index in [4.69, 9.17) is 5.73 Å². The van der Waals surface area contributed by atoms with Crippen LogP contribution in [0.15, 0.2) is 12.4 Å². The highest BCUT2D eigenvalue weighted by molar-refractivity contribution is 5.04. The minimum Gasteiger partial charge on any atom is -0.327 e. The first-order chi connectivity index (χ1) is 8.63. The number of aromatic nitrogens is 2. The zero-order chi connectivity index (χ0) is 12.7. The van der Waals surface area contributed by atoms with Gasteiger partial charge in [-0.3, -0.25) is 4.68 Å². The van der Waals surface area contributed by atoms with Crippen LogP contribution in [0.4, 0.5) is 0 Å². The molecule has 4 heteroatoms. The second-order valence-corrected chi connectivity index (χ2v) is 6.29. The first-order valence-electron chi connectivity index (χ1n) is 7.05. The van der Waals surface area contributed by atoms with Crippen molar-refractivity contribution in [3.8, 4) is 0 Å². The van der Waals surface area contributed by atoms with Crippen molar-refractivity contribution in [1.82, 2.24) is 14.7 Å². The van der Waals surface area contributed by atoms with Gasteiger partial charge in [-0.2, -0.15) is 5.10 Å². The average Bonchev–Trinajstić information content (AvgIpc) is 2.99. The van der Waals surface area contributed by atoms with E-state index in [0.717, 1.165) is 24.9 Å². The van der Waals surface area contributed by atoms with E-state index in [1.54, 1.807) is 0 Å². The molecule has 100 valence electrons. The van der Waals surface area contributed by atoms with Crippen LogP contribution < -0.4 is 5.73 Å². The summed E-state index contributed by atoms with van der Waals surface area (Å²) in [6, 6.07) is 0.445. The van der Waals surface area contributed by atoms with Crippen molar-refractivity contribution in [2.45, 2.75) is 31.8 Å². The fourth-order valence-corrected chi connectivity index (χ4v) is 4.02. The molecular formula is C14H24N4. The molecule has 0 saturated heterocycles. The van der Waals surface area contributed by atoms with Crippen LogP contribution in [0.2, 0.25) is 0 Å². The number of nitrogens with two attached hydrogens (primary N) is 1. The summed E-state index contributed by atoms with van der Waals surface area (Å²) in [4.78, 5) is 2.41. The van der Waals surface area contributed by atoms with Crippen molar-refractivity contribution >= 4 is 0 Å². The molecule has 2 saturated carbocycles. The number of nitrogens with zero attached hydrogens (tertiary/aromatic N) is 3. The lowest BCUT2D eigenvalue weighted by molar-refractivity contribution is 0.194. The lowest BCUT2D eigenvalue weighted by Crippen LogP contribution is -2.41. The Hall–Kier alpha value is -0.870. The minimum absolute atomic E-state index is 0.445. The minimum atomic E-state index is 0.445. The Morgan fingerprint density at radius 2 is 2.22 bits per heavy atom. The van der Waals surface area contributed by atoms with Crippen molar-refractivity contribution in [3.63, 3.8) is 0 Å². The molecule has 2 N–H and O–H groups in total. The highest BCUT2D eigenvalue weighted by Crippen LogP contribution is 2.47. The summed E-state index contributed by atoms with van der Waals surface area (Å²) in [5.74, 6) is 2.42. The molecule has 1 heterocycles. The molecule has 4 atom stereocenters. The Balaban J connectivity index is 1.56. The SMILES string of the molecule is CN(Cc1cnn(C)c1)CC1C2CCC(C2)C1N. The second kappa shape index (κ2) is 4.67. The van der Waals surface area contributed by atoms with Crippen LogP contribution in [0.3, 0.4) is 0 Å². The van der Waals surface area contributed by atoms with Gasteiger partial charge in [0, 0.05) is 37.9 Å². The highest BCUT2D eigenvalue weighted by Gasteiger charge is 2.45. The molecule has 4 nitrogen and oxygen atoms in total. The average molecular weight is 248 g/mol. The topological polar surface area (TPSA) is 47.1 Å². The zero-order valence-electron chi connectivity index (χ0n) is 11.4. The normalized spacial score (nSPS) is 34.7. The molecule has 0 aromatic carbocycles. The van der Waals surface area contributed by atoms with Crippen LogP contribution in [0.25, 0.3) is 0 Å². The number of hydrogen-bond acceptors (Lipinski definition) is 3. The van der Waals surface area contributed by atoms with Crippen LogP contribution in [0.1, 0.15) is 24.8 Å². The zero-order valence-corrected chi connectivity index (χ0v) is 11.4. The van der Waals surface area contributed by atoms with Crippen molar-refractivity contribution in [2.24, 2.45) is 30.5 Å². The number of hydrogen-bond donors (Lipinski definition) is 1. The van der Waals surface area contributed by atoms with Gasteiger partial charge in [0.05, 0.1) is 6.20 Å². The van der Waals surface area contributed by atoms with E-state index in [0.29, 0.717) is 12.0 Å². The Kier molecular flexibility index (Phi) is 3.16. The van der Waals surface area contributed by atoms with Gasteiger partial charge in [0.1, 0.15) is 0 Å². The summed E-state index contributed by atoms with van der Waals surface area (Å²) in [6.45, 7) is 2.12. The molecule has 0 radical (unpaired) electrons. The molecule has 0 spiro atoms. The third-order valence-electron chi connectivity index (χ3n) is 4.89. The fourth-order valence-electron chi connectivity index (χ4n) is 4.02. The second-order valence-electron chi connectivity index (χ2n) is 6.29.